The topological polar surface area (TPSA) is 113 Å². The molecule has 7 aromatic carbocycles. The summed E-state index contributed by atoms with van der Waals surface area (Å²) in [7, 11) is 0. The lowest BCUT2D eigenvalue weighted by Gasteiger charge is -2.22. The second-order valence-corrected chi connectivity index (χ2v) is 13.2. The van der Waals surface area contributed by atoms with Gasteiger partial charge in [-0.1, -0.05) is 150 Å². The Kier molecular flexibility index (Phi) is 19.3. The number of aryl methyl sites for hydroxylation is 3. The highest BCUT2D eigenvalue weighted by Gasteiger charge is 2.20. The number of hydrogen-bond donors (Lipinski definition) is 4. The van der Waals surface area contributed by atoms with Gasteiger partial charge >= 0.3 is 0 Å². The highest BCUT2D eigenvalue weighted by Crippen LogP contribution is 2.36. The summed E-state index contributed by atoms with van der Waals surface area (Å²) in [5.41, 5.74) is 13.9. The average molecular weight is 788 g/mol. The van der Waals surface area contributed by atoms with Crippen LogP contribution < -0.4 is 20.9 Å². The lowest BCUT2D eigenvalue weighted by molar-refractivity contribution is 0.112. The maximum absolute atomic E-state index is 10.0. The molecule has 5 N–H and O–H groups in total. The number of nitrogen functional groups attached to an aromatic ring is 1. The molecule has 304 valence electrons. The van der Waals surface area contributed by atoms with E-state index in [1.165, 1.54) is 44.7 Å². The zero-order chi connectivity index (χ0) is 41.7. The molecule has 0 saturated heterocycles. The van der Waals surface area contributed by atoms with E-state index in [0.29, 0.717) is 17.2 Å². The van der Waals surface area contributed by atoms with Gasteiger partial charge in [-0.05, 0) is 102 Å². The summed E-state index contributed by atoms with van der Waals surface area (Å²) in [5.74, 6) is 2.81. The summed E-state index contributed by atoms with van der Waals surface area (Å²) < 4.78 is 6.27. The van der Waals surface area contributed by atoms with E-state index in [9.17, 15) is 4.79 Å². The molecule has 7 aromatic rings. The third-order valence-electron chi connectivity index (χ3n) is 9.06. The molecule has 0 saturated carbocycles. The number of aromatic hydroxyl groups is 3. The molecule has 8 rings (SSSR count). The van der Waals surface area contributed by atoms with Crippen LogP contribution in [-0.2, 0) is 19.3 Å². The number of hydrogen-bond acceptors (Lipinski definition) is 6. The Bertz CT molecular complexity index is 2400. The number of carbonyl (C=O) groups is 1. The van der Waals surface area contributed by atoms with Gasteiger partial charge in [0.1, 0.15) is 35.0 Å². The van der Waals surface area contributed by atoms with Crippen molar-refractivity contribution < 1.29 is 24.9 Å². The third-order valence-corrected chi connectivity index (χ3v) is 9.06. The van der Waals surface area contributed by atoms with Gasteiger partial charge in [-0.15, -0.1) is 0 Å². The molecule has 1 aliphatic heterocycles. The first-order chi connectivity index (χ1) is 28.2. The van der Waals surface area contributed by atoms with E-state index in [4.69, 9.17) is 25.8 Å². The van der Waals surface area contributed by atoms with Crippen molar-refractivity contribution in [1.82, 2.24) is 0 Å². The number of aldehydes is 1. The van der Waals surface area contributed by atoms with Gasteiger partial charge in [0.25, 0.3) is 0 Å². The van der Waals surface area contributed by atoms with Crippen LogP contribution >= 0.6 is 0 Å². The maximum atomic E-state index is 10.0. The summed E-state index contributed by atoms with van der Waals surface area (Å²) >= 11 is 0. The molecule has 0 atom stereocenters. The lowest BCUT2D eigenvalue weighted by atomic mass is 9.91. The largest absolute Gasteiger partial charge is 0.508 e. The Morgan fingerprint density at radius 1 is 0.542 bits per heavy atom. The van der Waals surface area contributed by atoms with Crippen molar-refractivity contribution in [2.75, 3.05) is 5.73 Å². The molecule has 59 heavy (non-hydrogen) atoms. The van der Waals surface area contributed by atoms with Crippen molar-refractivity contribution in [3.63, 3.8) is 0 Å². The minimum absolute atomic E-state index is 0. The van der Waals surface area contributed by atoms with E-state index >= 15 is 0 Å². The molecular formula is C53H57NO5. The SMILES string of the molecule is C.C/C=c1\ccc2c(c1)Oc1cc(CC)ccc1C=2c1ccccc1.CCc1cccc(O)c1.CCc1cccc(O)c1.Nc1cccc(O)c1.O=Cc1ccccc1. The van der Waals surface area contributed by atoms with Gasteiger partial charge < -0.3 is 25.8 Å². The van der Waals surface area contributed by atoms with Crippen molar-refractivity contribution in [2.45, 2.75) is 54.4 Å². The zero-order valence-corrected chi connectivity index (χ0v) is 33.7. The van der Waals surface area contributed by atoms with Crippen molar-refractivity contribution >= 4 is 23.6 Å². The van der Waals surface area contributed by atoms with Crippen LogP contribution in [0.25, 0.3) is 11.6 Å². The molecule has 1 heterocycles. The van der Waals surface area contributed by atoms with Crippen molar-refractivity contribution in [3.8, 4) is 28.7 Å². The van der Waals surface area contributed by atoms with Crippen LogP contribution in [0.4, 0.5) is 5.69 Å². The lowest BCUT2D eigenvalue weighted by Crippen LogP contribution is -2.19. The molecule has 1 aliphatic rings. The normalized spacial score (nSPS) is 10.6. The first-order valence-corrected chi connectivity index (χ1v) is 19.5. The molecule has 0 amide bonds. The number of fused-ring (bicyclic) bond motifs is 2. The van der Waals surface area contributed by atoms with E-state index in [-0.39, 0.29) is 13.2 Å². The summed E-state index contributed by atoms with van der Waals surface area (Å²) in [6.45, 7) is 8.35. The van der Waals surface area contributed by atoms with Crippen molar-refractivity contribution in [2.24, 2.45) is 0 Å². The Morgan fingerprint density at radius 3 is 1.51 bits per heavy atom. The fraction of sp³-hybridized carbons (Fsp3) is 0.151. The molecule has 6 nitrogen and oxygen atoms in total. The summed E-state index contributed by atoms with van der Waals surface area (Å²) in [4.78, 5) is 10.0. The summed E-state index contributed by atoms with van der Waals surface area (Å²) in [6.07, 6.45) is 5.90. The van der Waals surface area contributed by atoms with E-state index in [2.05, 4.69) is 101 Å². The average Bonchev–Trinajstić information content (AvgIpc) is 3.26. The van der Waals surface area contributed by atoms with Gasteiger partial charge in [0.15, 0.2) is 0 Å². The van der Waals surface area contributed by atoms with Crippen LogP contribution in [0.5, 0.6) is 28.7 Å². The van der Waals surface area contributed by atoms with Gasteiger partial charge in [0.2, 0.25) is 0 Å². The molecule has 0 spiro atoms. The quantitative estimate of drug-likeness (QED) is 0.102. The molecule has 0 unspecified atom stereocenters. The second kappa shape index (κ2) is 24.6. The molecule has 0 bridgehead atoms. The minimum Gasteiger partial charge on any atom is -0.508 e. The summed E-state index contributed by atoms with van der Waals surface area (Å²) in [5, 5.41) is 29.0. The second-order valence-electron chi connectivity index (χ2n) is 13.2. The monoisotopic (exact) mass is 787 g/mol. The molecule has 0 aromatic heterocycles. The highest BCUT2D eigenvalue weighted by molar-refractivity contribution is 5.85. The van der Waals surface area contributed by atoms with Gasteiger partial charge in [-0.3, -0.25) is 4.79 Å². The van der Waals surface area contributed by atoms with Crippen LogP contribution in [0.15, 0.2) is 170 Å². The Labute approximate surface area is 349 Å². The van der Waals surface area contributed by atoms with Crippen LogP contribution in [0.1, 0.15) is 73.3 Å². The van der Waals surface area contributed by atoms with Gasteiger partial charge in [-0.2, -0.15) is 0 Å². The first-order valence-electron chi connectivity index (χ1n) is 19.5. The number of anilines is 1. The predicted octanol–water partition coefficient (Wildman–Crippen LogP) is 11.4. The number of rotatable bonds is 5. The Balaban J connectivity index is 0.000000220. The number of ether oxygens (including phenoxy) is 1. The van der Waals surface area contributed by atoms with Crippen molar-refractivity contribution in [1.29, 1.82) is 0 Å². The Hall–Kier alpha value is -7.05. The van der Waals surface area contributed by atoms with Gasteiger partial charge in [0, 0.05) is 33.7 Å². The van der Waals surface area contributed by atoms with Crippen LogP contribution in [0.3, 0.4) is 0 Å². The fourth-order valence-corrected chi connectivity index (χ4v) is 5.88. The van der Waals surface area contributed by atoms with Gasteiger partial charge in [-0.25, -0.2) is 0 Å². The number of phenolic OH excluding ortho intramolecular Hbond substituents is 3. The van der Waals surface area contributed by atoms with E-state index in [1.807, 2.05) is 42.5 Å². The third kappa shape index (κ3) is 14.8. The van der Waals surface area contributed by atoms with Crippen LogP contribution in [0.2, 0.25) is 0 Å². The van der Waals surface area contributed by atoms with Crippen molar-refractivity contribution in [3.05, 3.63) is 214 Å². The summed E-state index contributed by atoms with van der Waals surface area (Å²) in [6, 6.07) is 53.8. The van der Waals surface area contributed by atoms with Crippen LogP contribution in [-0.4, -0.2) is 21.6 Å². The van der Waals surface area contributed by atoms with E-state index < -0.39 is 0 Å². The number of carbonyl (C=O) groups excluding carboxylic acids is 1. The zero-order valence-electron chi connectivity index (χ0n) is 33.7. The fourth-order valence-electron chi connectivity index (χ4n) is 5.88. The van der Waals surface area contributed by atoms with Gasteiger partial charge in [0.05, 0.1) is 0 Å². The highest BCUT2D eigenvalue weighted by atomic mass is 16.5. The molecular weight excluding hydrogens is 731 g/mol. The number of phenols is 3. The molecule has 0 radical (unpaired) electrons. The van der Waals surface area contributed by atoms with E-state index in [1.54, 1.807) is 54.6 Å². The van der Waals surface area contributed by atoms with Crippen LogP contribution in [0, 0.1) is 0 Å². The molecule has 0 fully saturated rings. The standard InChI is InChI=1S/C23H20O.2C8H10O.C7H6O.C6H7NO.CH4/c1-3-16-10-12-19-21(14-16)24-22-15-17(4-2)11-13-20(22)23(19)18-8-6-5-7-9-18;2*1-2-7-4-3-5-8(9)6-7;8-6-7-4-2-1-3-5-7;7-5-2-1-3-6(8)4-5;/h3,5-15H,4H2,1-2H3;2*3-6,9H,2H2,1H3;1-6H;1-4,8H,7H2;1H4/b16-3+;;;;;. The minimum atomic E-state index is 0. The Morgan fingerprint density at radius 2 is 1.07 bits per heavy atom. The van der Waals surface area contributed by atoms with E-state index in [0.717, 1.165) is 47.8 Å². The molecule has 0 aliphatic carbocycles. The number of benzene rings is 7. The smallest absolute Gasteiger partial charge is 0.150 e. The maximum Gasteiger partial charge on any atom is 0.150 e. The number of nitrogens with two attached hydrogens (primary N) is 1. The molecule has 6 heteroatoms. The predicted molar refractivity (Wildman–Crippen MR) is 246 cm³/mol. The first kappa shape index (κ1) is 46.3.